The highest BCUT2D eigenvalue weighted by Crippen LogP contribution is 2.53. The number of furan rings is 1. The second-order valence-corrected chi connectivity index (χ2v) is 11.1. The maximum Gasteiger partial charge on any atom is 0.255 e. The number of Topliss-reactive ketones (excluding diaryl/α,β-unsaturated/α-hetero) is 2. The highest BCUT2D eigenvalue weighted by atomic mass is 16.4. The van der Waals surface area contributed by atoms with Crippen molar-refractivity contribution >= 4 is 28.9 Å². The van der Waals surface area contributed by atoms with Crippen LogP contribution >= 0.6 is 0 Å². The van der Waals surface area contributed by atoms with Crippen molar-refractivity contribution < 1.29 is 39.2 Å². The molecule has 1 amide bonds. The fourth-order valence-electron chi connectivity index (χ4n) is 6.31. The van der Waals surface area contributed by atoms with E-state index in [1.54, 1.807) is 0 Å². The molecule has 0 aliphatic heterocycles. The number of aromatic hydroxyl groups is 1. The summed E-state index contributed by atoms with van der Waals surface area (Å²) in [5.74, 6) is -4.87. The van der Waals surface area contributed by atoms with Crippen LogP contribution in [0.4, 0.5) is 5.69 Å². The monoisotopic (exact) mass is 551 g/mol. The second-order valence-electron chi connectivity index (χ2n) is 11.1. The number of phenolic OH excluding ortho intramolecular Hbond substituents is 1. The van der Waals surface area contributed by atoms with Crippen molar-refractivity contribution in [3.05, 3.63) is 62.8 Å². The van der Waals surface area contributed by atoms with Gasteiger partial charge in [-0.3, -0.25) is 14.4 Å². The lowest BCUT2D eigenvalue weighted by Gasteiger charge is -2.46. The molecule has 3 atom stereocenters. The number of benzene rings is 1. The molecular formula is C29H33N3O8. The summed E-state index contributed by atoms with van der Waals surface area (Å²) < 4.78 is 5.70. The summed E-state index contributed by atoms with van der Waals surface area (Å²) in [6.45, 7) is 4.45. The Labute approximate surface area is 230 Å². The van der Waals surface area contributed by atoms with Crippen molar-refractivity contribution in [2.75, 3.05) is 19.0 Å². The number of hydrogen-bond acceptors (Lipinski definition) is 10. The Bertz CT molecular complexity index is 1510. The lowest BCUT2D eigenvalue weighted by Crippen LogP contribution is -2.58. The number of anilines is 1. The smallest absolute Gasteiger partial charge is 0.255 e. The number of amides is 1. The van der Waals surface area contributed by atoms with E-state index in [1.165, 1.54) is 0 Å². The van der Waals surface area contributed by atoms with E-state index in [0.717, 1.165) is 22.8 Å². The molecule has 1 aromatic heterocycles. The molecular weight excluding hydrogens is 518 g/mol. The maximum atomic E-state index is 13.8. The summed E-state index contributed by atoms with van der Waals surface area (Å²) in [5.41, 5.74) is 4.60. The lowest BCUT2D eigenvalue weighted by atomic mass is 9.59. The average molecular weight is 552 g/mol. The Balaban J connectivity index is 1.57. The quantitative estimate of drug-likeness (QED) is 0.290. The molecule has 1 saturated carbocycles. The van der Waals surface area contributed by atoms with Gasteiger partial charge >= 0.3 is 0 Å². The van der Waals surface area contributed by atoms with Crippen molar-refractivity contribution in [2.24, 2.45) is 17.6 Å². The maximum absolute atomic E-state index is 13.8. The Hall–Kier alpha value is -4.09. The van der Waals surface area contributed by atoms with Crippen LogP contribution in [-0.2, 0) is 33.9 Å². The van der Waals surface area contributed by atoms with Crippen molar-refractivity contribution in [1.29, 1.82) is 0 Å². The number of rotatable bonds is 6. The first-order valence-corrected chi connectivity index (χ1v) is 13.1. The van der Waals surface area contributed by atoms with Gasteiger partial charge in [0.2, 0.25) is 5.78 Å². The van der Waals surface area contributed by atoms with Gasteiger partial charge in [0.1, 0.15) is 34.4 Å². The van der Waals surface area contributed by atoms with E-state index >= 15 is 0 Å². The minimum absolute atomic E-state index is 0.0693. The zero-order valence-electron chi connectivity index (χ0n) is 22.8. The molecule has 1 aromatic carbocycles. The van der Waals surface area contributed by atoms with Gasteiger partial charge in [-0.2, -0.15) is 0 Å². The number of aliphatic hydroxyl groups is 3. The van der Waals surface area contributed by atoms with Crippen LogP contribution in [0.2, 0.25) is 0 Å². The zero-order valence-corrected chi connectivity index (χ0v) is 22.8. The number of aryl methyl sites for hydroxylation is 2. The molecule has 3 aliphatic carbocycles. The van der Waals surface area contributed by atoms with E-state index in [4.69, 9.17) is 10.2 Å². The van der Waals surface area contributed by atoms with Gasteiger partial charge in [-0.15, -0.1) is 0 Å². The molecule has 0 unspecified atom stereocenters. The van der Waals surface area contributed by atoms with Gasteiger partial charge in [0.25, 0.3) is 5.91 Å². The van der Waals surface area contributed by atoms with Crippen LogP contribution in [0.1, 0.15) is 46.6 Å². The number of aliphatic hydroxyl groups excluding tert-OH is 2. The number of carbonyl (C=O) groups excluding carboxylic acids is 3. The SMILES string of the molecule is Cc1cc(CNCc2cc(N(C)C)c3c(c2O)C(O)=C2C(=O)[C@]4(O)C(O)=C(C(N)=O)C(=O)C[C@@H]4C[C@@H]2C3)oc1C. The van der Waals surface area contributed by atoms with Gasteiger partial charge in [0.15, 0.2) is 11.4 Å². The first kappa shape index (κ1) is 27.5. The van der Waals surface area contributed by atoms with Crippen LogP contribution in [0.15, 0.2) is 33.5 Å². The van der Waals surface area contributed by atoms with Crippen LogP contribution < -0.4 is 16.0 Å². The largest absolute Gasteiger partial charge is 0.508 e. The molecule has 40 heavy (non-hydrogen) atoms. The molecule has 0 saturated heterocycles. The molecule has 3 aliphatic rings. The second kappa shape index (κ2) is 9.53. The standard InChI is InChI=1S/C29H33N3O8/c1-12-5-17(40-13(12)2)11-31-10-15-8-19(32(3)4)18-7-14-6-16-9-20(33)23(28(30)38)27(37)29(16,39)26(36)21(14)25(35)22(18)24(15)34/h5,8,14,16,31,34-35,37,39H,6-7,9-11H2,1-4H3,(H2,30,38)/t14-,16+,29+/m1/s1. The molecule has 0 radical (unpaired) electrons. The van der Waals surface area contributed by atoms with Gasteiger partial charge in [-0.1, -0.05) is 0 Å². The Morgan fingerprint density at radius 3 is 2.45 bits per heavy atom. The van der Waals surface area contributed by atoms with E-state index in [2.05, 4.69) is 5.32 Å². The van der Waals surface area contributed by atoms with Crippen LogP contribution in [0.3, 0.4) is 0 Å². The van der Waals surface area contributed by atoms with Gasteiger partial charge in [0, 0.05) is 49.8 Å². The Morgan fingerprint density at radius 1 is 1.15 bits per heavy atom. The highest BCUT2D eigenvalue weighted by molar-refractivity contribution is 6.22. The highest BCUT2D eigenvalue weighted by Gasteiger charge is 2.60. The summed E-state index contributed by atoms with van der Waals surface area (Å²) in [4.78, 5) is 40.0. The van der Waals surface area contributed by atoms with Crippen LogP contribution in [0.5, 0.6) is 5.75 Å². The molecule has 0 spiro atoms. The fraction of sp³-hybridized carbons (Fsp3) is 0.414. The van der Waals surface area contributed by atoms with Crippen molar-refractivity contribution in [1.82, 2.24) is 5.32 Å². The van der Waals surface area contributed by atoms with E-state index in [1.807, 2.05) is 45.0 Å². The number of primary amides is 1. The summed E-state index contributed by atoms with van der Waals surface area (Å²) in [6, 6.07) is 3.74. The summed E-state index contributed by atoms with van der Waals surface area (Å²) >= 11 is 0. The first-order chi connectivity index (χ1) is 18.8. The predicted octanol–water partition coefficient (Wildman–Crippen LogP) is 1.99. The van der Waals surface area contributed by atoms with Gasteiger partial charge < -0.3 is 40.8 Å². The third kappa shape index (κ3) is 3.99. The molecule has 11 heteroatoms. The van der Waals surface area contributed by atoms with Gasteiger partial charge in [0.05, 0.1) is 12.1 Å². The molecule has 5 rings (SSSR count). The molecule has 212 valence electrons. The third-order valence-corrected chi connectivity index (χ3v) is 8.43. The Morgan fingerprint density at radius 2 is 1.85 bits per heavy atom. The summed E-state index contributed by atoms with van der Waals surface area (Å²) in [7, 11) is 3.65. The summed E-state index contributed by atoms with van der Waals surface area (Å²) in [5, 5.41) is 48.2. The first-order valence-electron chi connectivity index (χ1n) is 13.1. The number of carbonyl (C=O) groups is 3. The Kier molecular flexibility index (Phi) is 6.54. The minimum atomic E-state index is -2.59. The van der Waals surface area contributed by atoms with Gasteiger partial charge in [-0.25, -0.2) is 0 Å². The normalized spacial score (nSPS) is 24.1. The van der Waals surface area contributed by atoms with Crippen molar-refractivity contribution in [2.45, 2.75) is 51.8 Å². The number of fused-ring (bicyclic) bond motifs is 3. The van der Waals surface area contributed by atoms with E-state index in [9.17, 15) is 34.8 Å². The fourth-order valence-corrected chi connectivity index (χ4v) is 6.31. The van der Waals surface area contributed by atoms with Crippen molar-refractivity contribution in [3.8, 4) is 5.75 Å². The topological polar surface area (TPSA) is 187 Å². The predicted molar refractivity (Wildman–Crippen MR) is 144 cm³/mol. The van der Waals surface area contributed by atoms with E-state index in [-0.39, 0.29) is 42.7 Å². The van der Waals surface area contributed by atoms with Crippen LogP contribution in [0.25, 0.3) is 5.76 Å². The molecule has 7 N–H and O–H groups in total. The van der Waals surface area contributed by atoms with Crippen molar-refractivity contribution in [3.63, 3.8) is 0 Å². The average Bonchev–Trinajstić information content (AvgIpc) is 3.18. The molecule has 0 bridgehead atoms. The lowest BCUT2D eigenvalue weighted by molar-refractivity contribution is -0.147. The number of nitrogens with zero attached hydrogens (tertiary/aromatic N) is 1. The number of hydrogen-bond donors (Lipinski definition) is 6. The summed E-state index contributed by atoms with van der Waals surface area (Å²) in [6.07, 6.45) is -0.0248. The molecule has 11 nitrogen and oxygen atoms in total. The number of nitrogens with one attached hydrogen (secondary N) is 1. The number of nitrogens with two attached hydrogens (primary N) is 1. The zero-order chi connectivity index (χ0) is 29.3. The van der Waals surface area contributed by atoms with E-state index in [0.29, 0.717) is 17.7 Å². The van der Waals surface area contributed by atoms with E-state index < -0.39 is 52.0 Å². The number of phenols is 1. The van der Waals surface area contributed by atoms with Crippen LogP contribution in [-0.4, -0.2) is 57.6 Å². The molecule has 1 heterocycles. The van der Waals surface area contributed by atoms with Crippen LogP contribution in [0, 0.1) is 25.7 Å². The van der Waals surface area contributed by atoms with Gasteiger partial charge in [-0.05, 0) is 55.9 Å². The third-order valence-electron chi connectivity index (χ3n) is 8.43. The minimum Gasteiger partial charge on any atom is -0.508 e. The molecule has 2 aromatic rings. The molecule has 1 fully saturated rings. The number of ketones is 2.